The van der Waals surface area contributed by atoms with Crippen LogP contribution in [0.2, 0.25) is 0 Å². The van der Waals surface area contributed by atoms with Crippen molar-refractivity contribution in [1.82, 2.24) is 9.97 Å². The monoisotopic (exact) mass is 679 g/mol. The van der Waals surface area contributed by atoms with E-state index in [-0.39, 0.29) is 0 Å². The molecule has 4 heteroatoms. The topological polar surface area (TPSA) is 49.6 Å². The van der Waals surface area contributed by atoms with Gasteiger partial charge in [0, 0.05) is 26.5 Å². The summed E-state index contributed by atoms with van der Waals surface area (Å²) >= 11 is 1.72. The van der Waals surface area contributed by atoms with Crippen LogP contribution in [0.3, 0.4) is 0 Å². The van der Waals surface area contributed by atoms with Gasteiger partial charge in [-0.1, -0.05) is 169 Å². The first-order valence-corrected chi connectivity index (χ1v) is 18.2. The van der Waals surface area contributed by atoms with Crippen LogP contribution in [-0.4, -0.2) is 9.97 Å². The molecule has 1 aliphatic heterocycles. The van der Waals surface area contributed by atoms with Crippen molar-refractivity contribution in [3.63, 3.8) is 0 Å². The Morgan fingerprint density at radius 3 is 1.62 bits per heavy atom. The third-order valence-electron chi connectivity index (χ3n) is 10.4. The highest BCUT2D eigenvalue weighted by Crippen LogP contribution is 2.63. The standard InChI is InChI=1S/C48H29N3S/c49-30-35-20-12-26-41-45(35)52-46-36(23-13-27-42(46)48(41)39-24-9-7-21-37(39)38-22-8-10-25-40(38)48)33-18-11-19-34(28-33)44-29-43(31-14-3-1-4-15-31)50-47(51-44)32-16-5-2-6-17-32/h1-29H. The molecule has 2 heterocycles. The fraction of sp³-hybridized carbons (Fsp3) is 0.0208. The van der Waals surface area contributed by atoms with Crippen LogP contribution in [0, 0.1) is 11.3 Å². The van der Waals surface area contributed by atoms with Gasteiger partial charge in [0.15, 0.2) is 5.82 Å². The highest BCUT2D eigenvalue weighted by molar-refractivity contribution is 7.99. The number of nitrogens with zero attached hydrogens (tertiary/aromatic N) is 3. The Balaban J connectivity index is 1.20. The molecule has 0 bridgehead atoms. The van der Waals surface area contributed by atoms with Crippen LogP contribution in [0.15, 0.2) is 186 Å². The number of hydrogen-bond acceptors (Lipinski definition) is 4. The molecule has 0 atom stereocenters. The van der Waals surface area contributed by atoms with Crippen molar-refractivity contribution in [2.24, 2.45) is 0 Å². The summed E-state index contributed by atoms with van der Waals surface area (Å²) in [5.74, 6) is 0.691. The smallest absolute Gasteiger partial charge is 0.160 e. The van der Waals surface area contributed by atoms with Gasteiger partial charge in [-0.25, -0.2) is 9.97 Å². The second-order valence-electron chi connectivity index (χ2n) is 13.2. The maximum atomic E-state index is 10.4. The molecule has 0 unspecified atom stereocenters. The zero-order chi connectivity index (χ0) is 34.6. The van der Waals surface area contributed by atoms with E-state index >= 15 is 0 Å². The van der Waals surface area contributed by atoms with E-state index in [9.17, 15) is 5.26 Å². The molecule has 10 rings (SSSR count). The van der Waals surface area contributed by atoms with Crippen molar-refractivity contribution in [2.75, 3.05) is 0 Å². The summed E-state index contributed by atoms with van der Waals surface area (Å²) in [6.07, 6.45) is 0. The van der Waals surface area contributed by atoms with Crippen molar-refractivity contribution in [3.05, 3.63) is 204 Å². The summed E-state index contributed by atoms with van der Waals surface area (Å²) in [6, 6.07) is 64.2. The zero-order valence-corrected chi connectivity index (χ0v) is 28.8. The van der Waals surface area contributed by atoms with E-state index in [1.54, 1.807) is 11.8 Å². The Morgan fingerprint density at radius 2 is 0.923 bits per heavy atom. The third kappa shape index (κ3) is 4.53. The Kier molecular flexibility index (Phi) is 7.02. The SMILES string of the molecule is N#Cc1cccc2c1Sc1c(-c3cccc(-c4cc(-c5ccccc5)nc(-c5ccccc5)n4)c3)cccc1C21c2ccccc2-c2ccccc21. The van der Waals surface area contributed by atoms with Crippen LogP contribution < -0.4 is 0 Å². The number of nitriles is 1. The van der Waals surface area contributed by atoms with E-state index < -0.39 is 5.41 Å². The summed E-state index contributed by atoms with van der Waals surface area (Å²) in [5, 5.41) is 10.4. The van der Waals surface area contributed by atoms with E-state index in [0.29, 0.717) is 11.4 Å². The molecule has 0 saturated carbocycles. The summed E-state index contributed by atoms with van der Waals surface area (Å²) in [7, 11) is 0. The minimum atomic E-state index is -0.564. The zero-order valence-electron chi connectivity index (χ0n) is 28.0. The van der Waals surface area contributed by atoms with Crippen molar-refractivity contribution >= 4 is 11.8 Å². The predicted molar refractivity (Wildman–Crippen MR) is 210 cm³/mol. The number of rotatable bonds is 4. The lowest BCUT2D eigenvalue weighted by atomic mass is 9.66. The number of benzene rings is 7. The van der Waals surface area contributed by atoms with E-state index in [1.807, 2.05) is 48.5 Å². The summed E-state index contributed by atoms with van der Waals surface area (Å²) in [4.78, 5) is 12.3. The third-order valence-corrected chi connectivity index (χ3v) is 11.7. The van der Waals surface area contributed by atoms with Gasteiger partial charge in [-0.3, -0.25) is 0 Å². The molecule has 1 spiro atoms. The van der Waals surface area contributed by atoms with Crippen LogP contribution in [0.1, 0.15) is 27.8 Å². The Labute approximate surface area is 307 Å². The lowest BCUT2D eigenvalue weighted by molar-refractivity contribution is 0.722. The van der Waals surface area contributed by atoms with Gasteiger partial charge in [-0.2, -0.15) is 5.26 Å². The lowest BCUT2D eigenvalue weighted by Crippen LogP contribution is -2.32. The second-order valence-corrected chi connectivity index (χ2v) is 14.2. The van der Waals surface area contributed by atoms with E-state index in [1.165, 1.54) is 32.7 Å². The van der Waals surface area contributed by atoms with Crippen LogP contribution >= 0.6 is 11.8 Å². The van der Waals surface area contributed by atoms with Crippen molar-refractivity contribution in [2.45, 2.75) is 15.2 Å². The van der Waals surface area contributed by atoms with Gasteiger partial charge in [0.05, 0.1) is 22.4 Å². The molecule has 0 amide bonds. The molecular formula is C48H29N3S. The summed E-state index contributed by atoms with van der Waals surface area (Å²) in [6.45, 7) is 0. The van der Waals surface area contributed by atoms with E-state index in [0.717, 1.165) is 49.7 Å². The van der Waals surface area contributed by atoms with Gasteiger partial charge in [-0.15, -0.1) is 0 Å². The van der Waals surface area contributed by atoms with Crippen molar-refractivity contribution in [3.8, 4) is 62.2 Å². The van der Waals surface area contributed by atoms with E-state index in [2.05, 4.69) is 133 Å². The maximum Gasteiger partial charge on any atom is 0.160 e. The Hall–Kier alpha value is -6.54. The largest absolute Gasteiger partial charge is 0.228 e. The quantitative estimate of drug-likeness (QED) is 0.186. The average molecular weight is 680 g/mol. The molecule has 1 aromatic heterocycles. The predicted octanol–water partition coefficient (Wildman–Crippen LogP) is 11.8. The van der Waals surface area contributed by atoms with Crippen molar-refractivity contribution < 1.29 is 0 Å². The minimum Gasteiger partial charge on any atom is -0.228 e. The van der Waals surface area contributed by atoms with Crippen LogP contribution in [0.5, 0.6) is 0 Å². The molecule has 242 valence electrons. The van der Waals surface area contributed by atoms with Crippen LogP contribution in [0.25, 0.3) is 56.2 Å². The minimum absolute atomic E-state index is 0.564. The highest BCUT2D eigenvalue weighted by Gasteiger charge is 2.51. The maximum absolute atomic E-state index is 10.4. The molecule has 8 aromatic rings. The molecule has 0 saturated heterocycles. The van der Waals surface area contributed by atoms with Gasteiger partial charge < -0.3 is 0 Å². The number of fused-ring (bicyclic) bond motifs is 9. The second kappa shape index (κ2) is 12.1. The average Bonchev–Trinajstić information content (AvgIpc) is 3.52. The normalized spacial score (nSPS) is 13.1. The molecule has 1 aliphatic carbocycles. The van der Waals surface area contributed by atoms with E-state index in [4.69, 9.17) is 9.97 Å². The Morgan fingerprint density at radius 1 is 0.423 bits per heavy atom. The molecule has 3 nitrogen and oxygen atoms in total. The fourth-order valence-electron chi connectivity index (χ4n) is 8.18. The first kappa shape index (κ1) is 30.3. The van der Waals surface area contributed by atoms with Gasteiger partial charge >= 0.3 is 0 Å². The highest BCUT2D eigenvalue weighted by atomic mass is 32.2. The summed E-state index contributed by atoms with van der Waals surface area (Å²) < 4.78 is 0. The molecule has 0 N–H and O–H groups in total. The molecule has 0 radical (unpaired) electrons. The first-order chi connectivity index (χ1) is 25.7. The van der Waals surface area contributed by atoms with Gasteiger partial charge in [0.1, 0.15) is 6.07 Å². The van der Waals surface area contributed by atoms with Crippen molar-refractivity contribution in [1.29, 1.82) is 5.26 Å². The molecule has 52 heavy (non-hydrogen) atoms. The lowest BCUT2D eigenvalue weighted by Gasteiger charge is -2.40. The molecule has 7 aromatic carbocycles. The molecule has 0 fully saturated rings. The fourth-order valence-corrected chi connectivity index (χ4v) is 9.56. The van der Waals surface area contributed by atoms with Crippen LogP contribution in [-0.2, 0) is 5.41 Å². The Bertz CT molecular complexity index is 2630. The van der Waals surface area contributed by atoms with Crippen LogP contribution in [0.4, 0.5) is 0 Å². The summed E-state index contributed by atoms with van der Waals surface area (Å²) in [5.41, 5.74) is 14.5. The number of hydrogen-bond donors (Lipinski definition) is 0. The van der Waals surface area contributed by atoms with Gasteiger partial charge in [0.25, 0.3) is 0 Å². The number of aromatic nitrogens is 2. The van der Waals surface area contributed by atoms with Gasteiger partial charge in [0.2, 0.25) is 0 Å². The first-order valence-electron chi connectivity index (χ1n) is 17.4. The van der Waals surface area contributed by atoms with Gasteiger partial charge in [-0.05, 0) is 62.7 Å². The molecule has 2 aliphatic rings. The molecular weight excluding hydrogens is 651 g/mol.